The molecule has 3 heterocycles. The second kappa shape index (κ2) is 8.75. The Balaban J connectivity index is 1.53. The number of nitrogens with one attached hydrogen (secondary N) is 1. The van der Waals surface area contributed by atoms with E-state index in [4.69, 9.17) is 16.0 Å². The molecule has 1 aliphatic carbocycles. The van der Waals surface area contributed by atoms with Crippen LogP contribution in [0.3, 0.4) is 0 Å². The quantitative estimate of drug-likeness (QED) is 0.558. The van der Waals surface area contributed by atoms with Crippen LogP contribution in [0.25, 0.3) is 11.5 Å². The van der Waals surface area contributed by atoms with Crippen LogP contribution in [0.1, 0.15) is 55.1 Å². The average Bonchev–Trinajstić information content (AvgIpc) is 3.47. The predicted molar refractivity (Wildman–Crippen MR) is 127 cm³/mol. The molecule has 1 atom stereocenters. The van der Waals surface area contributed by atoms with Gasteiger partial charge in [-0.05, 0) is 61.7 Å². The number of carbonyl (C=O) groups is 2. The monoisotopic (exact) mass is 465 g/mol. The molecule has 7 heteroatoms. The molecular formula is C26H28ClN3O3. The van der Waals surface area contributed by atoms with Crippen molar-refractivity contribution in [3.63, 3.8) is 0 Å². The summed E-state index contributed by atoms with van der Waals surface area (Å²) in [7, 11) is 0. The normalized spacial score (nSPS) is 21.2. The van der Waals surface area contributed by atoms with Gasteiger partial charge in [0.1, 0.15) is 17.0 Å². The van der Waals surface area contributed by atoms with Crippen LogP contribution in [0, 0.1) is 0 Å². The number of halogens is 1. The summed E-state index contributed by atoms with van der Waals surface area (Å²) < 4.78 is 7.52. The number of hydrogen-bond donors (Lipinski definition) is 1. The van der Waals surface area contributed by atoms with Gasteiger partial charge in [-0.15, -0.1) is 0 Å². The zero-order valence-corrected chi connectivity index (χ0v) is 19.5. The highest BCUT2D eigenvalue weighted by Gasteiger charge is 2.48. The van der Waals surface area contributed by atoms with Crippen molar-refractivity contribution in [3.05, 3.63) is 71.1 Å². The minimum absolute atomic E-state index is 0.116. The molecule has 1 aliphatic heterocycles. The van der Waals surface area contributed by atoms with E-state index in [-0.39, 0.29) is 17.9 Å². The number of hydrogen-bond acceptors (Lipinski definition) is 3. The molecule has 1 fully saturated rings. The van der Waals surface area contributed by atoms with E-state index < -0.39 is 5.54 Å². The molecule has 0 unspecified atom stereocenters. The number of aromatic nitrogens is 1. The third-order valence-corrected chi connectivity index (χ3v) is 7.17. The molecule has 2 amide bonds. The molecule has 0 bridgehead atoms. The van der Waals surface area contributed by atoms with Gasteiger partial charge in [-0.2, -0.15) is 0 Å². The maximum Gasteiger partial charge on any atom is 0.271 e. The number of benzene rings is 1. The van der Waals surface area contributed by atoms with Crippen LogP contribution in [0.15, 0.2) is 59.2 Å². The number of carbonyl (C=O) groups excluding carboxylic acids is 2. The summed E-state index contributed by atoms with van der Waals surface area (Å²) in [4.78, 5) is 29.2. The average molecular weight is 466 g/mol. The van der Waals surface area contributed by atoms with E-state index >= 15 is 0 Å². The Hall–Kier alpha value is -2.99. The lowest BCUT2D eigenvalue weighted by Gasteiger charge is -2.45. The Bertz CT molecular complexity index is 1160. The Kier molecular flexibility index (Phi) is 5.79. The largest absolute Gasteiger partial charge is 0.463 e. The Morgan fingerprint density at radius 2 is 1.91 bits per heavy atom. The van der Waals surface area contributed by atoms with Gasteiger partial charge in [0.05, 0.1) is 18.5 Å². The Labute approximate surface area is 198 Å². The van der Waals surface area contributed by atoms with Gasteiger partial charge in [0, 0.05) is 17.6 Å². The molecule has 1 aromatic carbocycles. The first-order chi connectivity index (χ1) is 16.0. The van der Waals surface area contributed by atoms with E-state index in [1.807, 2.05) is 54.0 Å². The first-order valence-corrected chi connectivity index (χ1v) is 11.9. The van der Waals surface area contributed by atoms with Crippen molar-refractivity contribution < 1.29 is 14.0 Å². The van der Waals surface area contributed by atoms with Gasteiger partial charge in [-0.25, -0.2) is 0 Å². The molecule has 172 valence electrons. The summed E-state index contributed by atoms with van der Waals surface area (Å²) in [6, 6.07) is 15.0. The molecule has 2 aliphatic rings. The first kappa shape index (κ1) is 21.8. The highest BCUT2D eigenvalue weighted by atomic mass is 35.5. The summed E-state index contributed by atoms with van der Waals surface area (Å²) in [6.45, 7) is 2.51. The van der Waals surface area contributed by atoms with Gasteiger partial charge < -0.3 is 19.2 Å². The van der Waals surface area contributed by atoms with Crippen LogP contribution in [0.2, 0.25) is 5.02 Å². The molecule has 0 radical (unpaired) electrons. The summed E-state index contributed by atoms with van der Waals surface area (Å²) >= 11 is 6.21. The first-order valence-electron chi connectivity index (χ1n) is 11.6. The van der Waals surface area contributed by atoms with E-state index in [2.05, 4.69) is 5.32 Å². The highest BCUT2D eigenvalue weighted by molar-refractivity contribution is 6.30. The minimum Gasteiger partial charge on any atom is -0.463 e. The number of rotatable bonds is 5. The standard InChI is InChI=1S/C26H28ClN3O3/c1-26(25(32)28-20-9-3-2-4-10-20)17-29-21(23-11-6-14-33-23)12-13-22(29)24(31)30(26)16-18-7-5-8-19(27)15-18/h5-8,11-15,20H,2-4,9-10,16-17H2,1H3,(H,28,32)/t26-/m1/s1. The van der Waals surface area contributed by atoms with Gasteiger partial charge in [0.15, 0.2) is 0 Å². The molecule has 33 heavy (non-hydrogen) atoms. The molecule has 1 saturated carbocycles. The van der Waals surface area contributed by atoms with Crippen molar-refractivity contribution in [2.45, 2.75) is 63.7 Å². The molecule has 2 aromatic heterocycles. The van der Waals surface area contributed by atoms with Crippen molar-refractivity contribution >= 4 is 23.4 Å². The fraction of sp³-hybridized carbons (Fsp3) is 0.385. The van der Waals surface area contributed by atoms with Crippen molar-refractivity contribution in [3.8, 4) is 11.5 Å². The van der Waals surface area contributed by atoms with Crippen LogP contribution in [0.5, 0.6) is 0 Å². The Morgan fingerprint density at radius 3 is 2.64 bits per heavy atom. The lowest BCUT2D eigenvalue weighted by atomic mass is 9.91. The van der Waals surface area contributed by atoms with Gasteiger partial charge >= 0.3 is 0 Å². The smallest absolute Gasteiger partial charge is 0.271 e. The maximum absolute atomic E-state index is 13.8. The summed E-state index contributed by atoms with van der Waals surface area (Å²) in [5.74, 6) is 0.377. The summed E-state index contributed by atoms with van der Waals surface area (Å²) in [6.07, 6.45) is 7.03. The number of fused-ring (bicyclic) bond motifs is 1. The molecule has 0 saturated heterocycles. The van der Waals surface area contributed by atoms with E-state index in [1.54, 1.807) is 17.2 Å². The lowest BCUT2D eigenvalue weighted by Crippen LogP contribution is -2.64. The van der Waals surface area contributed by atoms with Crippen LogP contribution >= 0.6 is 11.6 Å². The van der Waals surface area contributed by atoms with Crippen LogP contribution < -0.4 is 5.32 Å². The zero-order valence-electron chi connectivity index (χ0n) is 18.7. The van der Waals surface area contributed by atoms with Crippen LogP contribution in [-0.4, -0.2) is 32.9 Å². The van der Waals surface area contributed by atoms with Crippen LogP contribution in [0.4, 0.5) is 0 Å². The van der Waals surface area contributed by atoms with Gasteiger partial charge in [-0.1, -0.05) is 43.0 Å². The van der Waals surface area contributed by atoms with Gasteiger partial charge in [-0.3, -0.25) is 9.59 Å². The predicted octanol–water partition coefficient (Wildman–Crippen LogP) is 5.27. The van der Waals surface area contributed by atoms with Crippen LogP contribution in [-0.2, 0) is 17.9 Å². The van der Waals surface area contributed by atoms with Crippen molar-refractivity contribution in [1.29, 1.82) is 0 Å². The van der Waals surface area contributed by atoms with E-state index in [0.29, 0.717) is 29.6 Å². The van der Waals surface area contributed by atoms with E-state index in [1.165, 1.54) is 6.42 Å². The van der Waals surface area contributed by atoms with Crippen molar-refractivity contribution in [2.24, 2.45) is 0 Å². The lowest BCUT2D eigenvalue weighted by molar-refractivity contribution is -0.134. The fourth-order valence-electron chi connectivity index (χ4n) is 5.07. The molecule has 6 nitrogen and oxygen atoms in total. The maximum atomic E-state index is 13.8. The van der Waals surface area contributed by atoms with E-state index in [9.17, 15) is 9.59 Å². The second-order valence-corrected chi connectivity index (χ2v) is 9.71. The number of furan rings is 1. The van der Waals surface area contributed by atoms with Gasteiger partial charge in [0.2, 0.25) is 5.91 Å². The third kappa shape index (κ3) is 4.08. The molecular weight excluding hydrogens is 438 g/mol. The second-order valence-electron chi connectivity index (χ2n) is 9.27. The highest BCUT2D eigenvalue weighted by Crippen LogP contribution is 2.35. The minimum atomic E-state index is -1.07. The summed E-state index contributed by atoms with van der Waals surface area (Å²) in [5.41, 5.74) is 1.16. The van der Waals surface area contributed by atoms with Gasteiger partial charge in [0.25, 0.3) is 5.91 Å². The SMILES string of the molecule is C[C@]1(C(=O)NC2CCCCC2)Cn2c(ccc2-c2ccco2)C(=O)N1Cc1cccc(Cl)c1. The number of amides is 2. The fourth-order valence-corrected chi connectivity index (χ4v) is 5.28. The summed E-state index contributed by atoms with van der Waals surface area (Å²) in [5, 5.41) is 3.86. The zero-order chi connectivity index (χ0) is 23.0. The Morgan fingerprint density at radius 1 is 1.12 bits per heavy atom. The van der Waals surface area contributed by atoms with Crippen molar-refractivity contribution in [2.75, 3.05) is 0 Å². The molecule has 1 N–H and O–H groups in total. The molecule has 5 rings (SSSR count). The molecule has 3 aromatic rings. The topological polar surface area (TPSA) is 67.5 Å². The third-order valence-electron chi connectivity index (χ3n) is 6.94. The molecule has 0 spiro atoms. The number of nitrogens with zero attached hydrogens (tertiary/aromatic N) is 2. The van der Waals surface area contributed by atoms with E-state index in [0.717, 1.165) is 36.9 Å². The van der Waals surface area contributed by atoms with Crippen molar-refractivity contribution in [1.82, 2.24) is 14.8 Å².